The van der Waals surface area contributed by atoms with Crippen LogP contribution in [0, 0.1) is 20.8 Å². The van der Waals surface area contributed by atoms with Crippen molar-refractivity contribution in [1.82, 2.24) is 4.98 Å². The maximum Gasteiger partial charge on any atom is 0.256 e. The fraction of sp³-hybridized carbons (Fsp3) is 0.120. The quantitative estimate of drug-likeness (QED) is 0.365. The summed E-state index contributed by atoms with van der Waals surface area (Å²) in [5, 5.41) is 4.59. The van der Waals surface area contributed by atoms with Gasteiger partial charge in [0.15, 0.2) is 0 Å². The molecule has 0 aliphatic carbocycles. The summed E-state index contributed by atoms with van der Waals surface area (Å²) in [6.07, 6.45) is 0. The maximum absolute atomic E-state index is 13.3. The van der Waals surface area contributed by atoms with Crippen LogP contribution in [0.3, 0.4) is 0 Å². The Morgan fingerprint density at radius 3 is 2.27 bits per heavy atom. The second-order valence-electron chi connectivity index (χ2n) is 7.48. The molecule has 0 aliphatic heterocycles. The third kappa shape index (κ3) is 4.04. The van der Waals surface area contributed by atoms with Gasteiger partial charge in [0.1, 0.15) is 0 Å². The van der Waals surface area contributed by atoms with Crippen LogP contribution in [-0.2, 0) is 0 Å². The number of carbonyl (C=O) groups is 1. The van der Waals surface area contributed by atoms with Gasteiger partial charge in [-0.1, -0.05) is 64.7 Å². The van der Waals surface area contributed by atoms with Gasteiger partial charge in [-0.05, 0) is 56.7 Å². The number of nitrogens with one attached hydrogen (secondary N) is 1. The average molecular weight is 435 g/mol. The van der Waals surface area contributed by atoms with Crippen molar-refractivity contribution in [3.8, 4) is 11.3 Å². The van der Waals surface area contributed by atoms with E-state index in [4.69, 9.17) is 28.2 Å². The van der Waals surface area contributed by atoms with E-state index in [2.05, 4.69) is 11.4 Å². The van der Waals surface area contributed by atoms with Crippen molar-refractivity contribution >= 4 is 45.7 Å². The number of rotatable bonds is 3. The van der Waals surface area contributed by atoms with Crippen LogP contribution in [0.15, 0.2) is 60.7 Å². The Labute approximate surface area is 185 Å². The Morgan fingerprint density at radius 2 is 1.57 bits per heavy atom. The molecule has 0 spiro atoms. The molecule has 150 valence electrons. The van der Waals surface area contributed by atoms with Gasteiger partial charge in [0.25, 0.3) is 5.91 Å². The molecule has 0 atom stereocenters. The lowest BCUT2D eigenvalue weighted by Crippen LogP contribution is -2.13. The number of halogens is 2. The second kappa shape index (κ2) is 8.10. The molecular formula is C25H20Cl2N2O. The number of benzene rings is 3. The van der Waals surface area contributed by atoms with Crippen LogP contribution >= 0.6 is 23.2 Å². The third-order valence-corrected chi connectivity index (χ3v) is 5.76. The van der Waals surface area contributed by atoms with E-state index in [1.165, 1.54) is 5.56 Å². The predicted molar refractivity (Wildman–Crippen MR) is 126 cm³/mol. The van der Waals surface area contributed by atoms with Crippen molar-refractivity contribution < 1.29 is 4.79 Å². The summed E-state index contributed by atoms with van der Waals surface area (Å²) in [5.41, 5.74) is 6.96. The molecule has 0 bridgehead atoms. The Kier molecular flexibility index (Phi) is 5.50. The van der Waals surface area contributed by atoms with Crippen LogP contribution in [-0.4, -0.2) is 10.9 Å². The largest absolute Gasteiger partial charge is 0.322 e. The van der Waals surface area contributed by atoms with Crippen LogP contribution in [0.25, 0.3) is 22.2 Å². The van der Waals surface area contributed by atoms with Crippen LogP contribution in [0.1, 0.15) is 27.0 Å². The molecule has 0 unspecified atom stereocenters. The van der Waals surface area contributed by atoms with Gasteiger partial charge in [0.2, 0.25) is 0 Å². The minimum Gasteiger partial charge on any atom is -0.322 e. The van der Waals surface area contributed by atoms with Gasteiger partial charge < -0.3 is 5.32 Å². The predicted octanol–water partition coefficient (Wildman–Crippen LogP) is 7.39. The van der Waals surface area contributed by atoms with Crippen molar-refractivity contribution in [3.63, 3.8) is 0 Å². The van der Waals surface area contributed by atoms with Crippen molar-refractivity contribution in [2.75, 3.05) is 5.32 Å². The van der Waals surface area contributed by atoms with Gasteiger partial charge in [0, 0.05) is 16.6 Å². The van der Waals surface area contributed by atoms with Crippen molar-refractivity contribution in [3.05, 3.63) is 93.0 Å². The molecule has 0 saturated heterocycles. The van der Waals surface area contributed by atoms with E-state index in [0.29, 0.717) is 21.3 Å². The zero-order valence-corrected chi connectivity index (χ0v) is 18.4. The zero-order valence-electron chi connectivity index (χ0n) is 16.9. The number of fused-ring (bicyclic) bond motifs is 1. The molecule has 0 aliphatic rings. The summed E-state index contributed by atoms with van der Waals surface area (Å²) in [4.78, 5) is 18.1. The molecule has 4 rings (SSSR count). The van der Waals surface area contributed by atoms with Gasteiger partial charge in [-0.2, -0.15) is 0 Å². The first-order chi connectivity index (χ1) is 14.3. The molecule has 1 heterocycles. The Hall–Kier alpha value is -2.88. The molecule has 0 fully saturated rings. The molecule has 5 heteroatoms. The smallest absolute Gasteiger partial charge is 0.256 e. The minimum atomic E-state index is -0.223. The molecule has 3 aromatic carbocycles. The lowest BCUT2D eigenvalue weighted by Gasteiger charge is -2.13. The van der Waals surface area contributed by atoms with E-state index in [0.717, 1.165) is 33.3 Å². The van der Waals surface area contributed by atoms with Crippen molar-refractivity contribution in [2.24, 2.45) is 0 Å². The summed E-state index contributed by atoms with van der Waals surface area (Å²) >= 11 is 12.1. The molecule has 1 amide bonds. The highest BCUT2D eigenvalue weighted by molar-refractivity contribution is 6.42. The van der Waals surface area contributed by atoms with Gasteiger partial charge in [0.05, 0.1) is 26.8 Å². The Bertz CT molecular complexity index is 1280. The Morgan fingerprint density at radius 1 is 0.833 bits per heavy atom. The molecule has 1 aromatic heterocycles. The SMILES string of the molecule is Cc1ccc(-c2cc(C(=O)Nc3ccc(Cl)c(Cl)c3)c3cc(C)cc(C)c3n2)cc1. The number of hydrogen-bond donors (Lipinski definition) is 1. The molecule has 30 heavy (non-hydrogen) atoms. The summed E-state index contributed by atoms with van der Waals surface area (Å²) in [5.74, 6) is -0.223. The fourth-order valence-electron chi connectivity index (χ4n) is 3.51. The van der Waals surface area contributed by atoms with E-state index in [1.54, 1.807) is 18.2 Å². The minimum absolute atomic E-state index is 0.223. The number of hydrogen-bond acceptors (Lipinski definition) is 2. The monoisotopic (exact) mass is 434 g/mol. The Balaban J connectivity index is 1.86. The first-order valence-electron chi connectivity index (χ1n) is 9.57. The van der Waals surface area contributed by atoms with Crippen molar-refractivity contribution in [2.45, 2.75) is 20.8 Å². The summed E-state index contributed by atoms with van der Waals surface area (Å²) in [7, 11) is 0. The molecule has 0 saturated carbocycles. The average Bonchev–Trinajstić information content (AvgIpc) is 2.70. The van der Waals surface area contributed by atoms with Crippen LogP contribution in [0.4, 0.5) is 5.69 Å². The summed E-state index contributed by atoms with van der Waals surface area (Å²) in [6.45, 7) is 6.07. The maximum atomic E-state index is 13.3. The van der Waals surface area contributed by atoms with E-state index in [1.807, 2.05) is 57.2 Å². The van der Waals surface area contributed by atoms with Gasteiger partial charge in [-0.25, -0.2) is 4.98 Å². The van der Waals surface area contributed by atoms with Crippen molar-refractivity contribution in [1.29, 1.82) is 0 Å². The summed E-state index contributed by atoms with van der Waals surface area (Å²) in [6, 6.07) is 19.1. The molecular weight excluding hydrogens is 415 g/mol. The van der Waals surface area contributed by atoms with Gasteiger partial charge in [-0.3, -0.25) is 4.79 Å². The first kappa shape index (κ1) is 20.4. The van der Waals surface area contributed by atoms with Gasteiger partial charge >= 0.3 is 0 Å². The molecule has 0 radical (unpaired) electrons. The van der Waals surface area contributed by atoms with E-state index >= 15 is 0 Å². The fourth-order valence-corrected chi connectivity index (χ4v) is 3.81. The molecule has 4 aromatic rings. The summed E-state index contributed by atoms with van der Waals surface area (Å²) < 4.78 is 0. The highest BCUT2D eigenvalue weighted by Gasteiger charge is 2.16. The zero-order chi connectivity index (χ0) is 21.4. The number of nitrogens with zero attached hydrogens (tertiary/aromatic N) is 1. The molecule has 3 nitrogen and oxygen atoms in total. The van der Waals surface area contributed by atoms with Crippen LogP contribution < -0.4 is 5.32 Å². The number of aryl methyl sites for hydroxylation is 3. The third-order valence-electron chi connectivity index (χ3n) is 5.02. The lowest BCUT2D eigenvalue weighted by molar-refractivity contribution is 0.102. The second-order valence-corrected chi connectivity index (χ2v) is 8.30. The first-order valence-corrected chi connectivity index (χ1v) is 10.3. The molecule has 1 N–H and O–H groups in total. The topological polar surface area (TPSA) is 42.0 Å². The highest BCUT2D eigenvalue weighted by atomic mass is 35.5. The standard InChI is InChI=1S/C25H20Cl2N2O/c1-14-4-6-17(7-5-14)23-13-20(19-11-15(2)10-16(3)24(19)29-23)25(30)28-18-8-9-21(26)22(27)12-18/h4-13H,1-3H3,(H,28,30). The normalized spacial score (nSPS) is 11.0. The number of amides is 1. The number of pyridine rings is 1. The number of carbonyl (C=O) groups excluding carboxylic acids is 1. The van der Waals surface area contributed by atoms with Gasteiger partial charge in [-0.15, -0.1) is 0 Å². The highest BCUT2D eigenvalue weighted by Crippen LogP contribution is 2.30. The number of anilines is 1. The van der Waals surface area contributed by atoms with E-state index in [-0.39, 0.29) is 5.91 Å². The number of aromatic nitrogens is 1. The van der Waals surface area contributed by atoms with E-state index < -0.39 is 0 Å². The van der Waals surface area contributed by atoms with Crippen LogP contribution in [0.5, 0.6) is 0 Å². The lowest BCUT2D eigenvalue weighted by atomic mass is 9.99. The van der Waals surface area contributed by atoms with Crippen LogP contribution in [0.2, 0.25) is 10.0 Å². The van der Waals surface area contributed by atoms with E-state index in [9.17, 15) is 4.79 Å².